The van der Waals surface area contributed by atoms with E-state index in [9.17, 15) is 4.79 Å². The fourth-order valence-corrected chi connectivity index (χ4v) is 13.0. The Morgan fingerprint density at radius 3 is 2.18 bits per heavy atom. The van der Waals surface area contributed by atoms with E-state index in [1.54, 1.807) is 11.0 Å². The van der Waals surface area contributed by atoms with E-state index < -0.39 is 32.2 Å². The summed E-state index contributed by atoms with van der Waals surface area (Å²) in [5.74, 6) is 0.545. The average molecular weight is 700 g/mol. The second kappa shape index (κ2) is 15.2. The van der Waals surface area contributed by atoms with E-state index in [0.29, 0.717) is 54.7 Å². The number of amides is 1. The highest BCUT2D eigenvalue weighted by molar-refractivity contribution is 6.78. The van der Waals surface area contributed by atoms with E-state index in [0.717, 1.165) is 41.2 Å². The molecule has 0 N–H and O–H groups in total. The number of ether oxygens (including phenoxy) is 2. The van der Waals surface area contributed by atoms with E-state index in [1.807, 2.05) is 54.5 Å². The average Bonchev–Trinajstić information content (AvgIpc) is 3.11. The third-order valence-corrected chi connectivity index (χ3v) is 16.9. The molecule has 4 rings (SSSR count). The number of likely N-dealkylation sites (tertiary alicyclic amines) is 1. The summed E-state index contributed by atoms with van der Waals surface area (Å²) in [5.41, 5.74) is 0.981. The Hall–Kier alpha value is -2.14. The van der Waals surface area contributed by atoms with Crippen LogP contribution in [-0.4, -0.2) is 69.0 Å². The molecule has 2 aliphatic heterocycles. The molecule has 0 bridgehead atoms. The lowest BCUT2D eigenvalue weighted by Crippen LogP contribution is -2.51. The third-order valence-electron chi connectivity index (χ3n) is 10.9. The first kappa shape index (κ1) is 39.6. The van der Waals surface area contributed by atoms with Crippen molar-refractivity contribution in [3.8, 4) is 5.75 Å². The van der Waals surface area contributed by atoms with Gasteiger partial charge in [0.1, 0.15) is 17.2 Å². The minimum Gasteiger partial charge on any atom is -0.543 e. The number of fused-ring (bicyclic) bond motifs is 1. The van der Waals surface area contributed by atoms with Gasteiger partial charge in [-0.25, -0.2) is 9.18 Å². The summed E-state index contributed by atoms with van der Waals surface area (Å²) in [7, 11) is -2.95. The molecule has 1 amide bonds. The van der Waals surface area contributed by atoms with Crippen LogP contribution < -0.4 is 9.89 Å². The van der Waals surface area contributed by atoms with Crippen molar-refractivity contribution in [2.75, 3.05) is 19.7 Å². The molecule has 2 heterocycles. The van der Waals surface area contributed by atoms with Crippen molar-refractivity contribution in [3.05, 3.63) is 35.6 Å². The lowest BCUT2D eigenvalue weighted by molar-refractivity contribution is 0.000746. The van der Waals surface area contributed by atoms with Crippen LogP contribution in [0.2, 0.25) is 16.6 Å². The van der Waals surface area contributed by atoms with Gasteiger partial charge < -0.3 is 28.1 Å². The van der Waals surface area contributed by atoms with Gasteiger partial charge in [0, 0.05) is 13.2 Å². The molecule has 7 nitrogen and oxygen atoms in total. The van der Waals surface area contributed by atoms with Crippen molar-refractivity contribution in [1.29, 1.82) is 0 Å². The molecule has 2 aromatic carbocycles. The first-order valence-electron chi connectivity index (χ1n) is 18.6. The van der Waals surface area contributed by atoms with Crippen LogP contribution in [0.15, 0.2) is 24.3 Å². The smallest absolute Gasteiger partial charge is 0.495 e. The molecule has 2 saturated heterocycles. The van der Waals surface area contributed by atoms with Gasteiger partial charge in [-0.2, -0.15) is 0 Å². The quantitative estimate of drug-likeness (QED) is 0.172. The zero-order valence-corrected chi connectivity index (χ0v) is 33.6. The van der Waals surface area contributed by atoms with Crippen LogP contribution in [0, 0.1) is 5.82 Å². The van der Waals surface area contributed by atoms with Crippen LogP contribution in [0.25, 0.3) is 10.8 Å². The first-order valence-corrected chi connectivity index (χ1v) is 20.7. The number of nitrogens with zero attached hydrogens (tertiary/aromatic N) is 1. The number of carbonyl (C=O) groups is 1. The molecule has 1 unspecified atom stereocenters. The van der Waals surface area contributed by atoms with Gasteiger partial charge in [-0.1, -0.05) is 47.6 Å². The predicted octanol–water partition coefficient (Wildman–Crippen LogP) is 9.57. The SMILES string of the molecule is CC(C)[Si](Oc1cc(B2OC(C)(C)C(C)(C)O2)c2c(CCCOC3CCCCN(C(=O)OC(C)(C)C)C3)c(F)ccc2c1)(C(C)C)C(C)C. The second-order valence-corrected chi connectivity index (χ2v) is 22.5. The Morgan fingerprint density at radius 2 is 1.61 bits per heavy atom. The number of benzene rings is 2. The lowest BCUT2D eigenvalue weighted by Gasteiger charge is -2.42. The fourth-order valence-electron chi connectivity index (χ4n) is 7.77. The van der Waals surface area contributed by atoms with Crippen LogP contribution in [0.4, 0.5) is 9.18 Å². The van der Waals surface area contributed by atoms with Crippen LogP contribution in [0.1, 0.15) is 121 Å². The Bertz CT molecular complexity index is 1420. The molecule has 0 saturated carbocycles. The number of halogens is 1. The molecule has 10 heteroatoms. The summed E-state index contributed by atoms with van der Waals surface area (Å²) in [6, 6.07) is 7.55. The Labute approximate surface area is 297 Å². The summed E-state index contributed by atoms with van der Waals surface area (Å²) in [5, 5.41) is 1.73. The molecule has 2 aromatic rings. The van der Waals surface area contributed by atoms with Gasteiger partial charge in [-0.3, -0.25) is 0 Å². The molecule has 0 aromatic heterocycles. The number of aryl methyl sites for hydroxylation is 1. The standard InChI is InChI=1S/C39H63BFNO6Si/c1-26(2)49(27(3)4,28(5)6)46-31-23-29-19-20-34(41)32(35(29)33(24-31)40-47-38(10,11)39(12,13)48-40)18-16-22-44-30-17-14-15-21-42(25-30)36(43)45-37(7,8)9/h19-20,23-24,26-28,30H,14-18,21-22,25H2,1-13H3. The lowest BCUT2D eigenvalue weighted by atomic mass is 9.74. The molecule has 2 fully saturated rings. The third kappa shape index (κ3) is 8.85. The highest BCUT2D eigenvalue weighted by Gasteiger charge is 2.53. The molecule has 49 heavy (non-hydrogen) atoms. The molecular weight excluding hydrogens is 636 g/mol. The van der Waals surface area contributed by atoms with Gasteiger partial charge >= 0.3 is 13.2 Å². The Balaban J connectivity index is 1.64. The number of rotatable bonds is 11. The van der Waals surface area contributed by atoms with Crippen LogP contribution in [-0.2, 0) is 25.2 Å². The zero-order chi connectivity index (χ0) is 36.5. The maximum absolute atomic E-state index is 15.9. The van der Waals surface area contributed by atoms with E-state index in [2.05, 4.69) is 53.7 Å². The highest BCUT2D eigenvalue weighted by atomic mass is 28.4. The summed E-state index contributed by atoms with van der Waals surface area (Å²) in [6.07, 6.45) is 3.52. The van der Waals surface area contributed by atoms with Gasteiger partial charge in [0.15, 0.2) is 0 Å². The molecule has 1 atom stereocenters. The van der Waals surface area contributed by atoms with E-state index in [1.165, 1.54) is 0 Å². The molecule has 0 aliphatic carbocycles. The van der Waals surface area contributed by atoms with Gasteiger partial charge in [-0.05, 0) is 137 Å². The van der Waals surface area contributed by atoms with Crippen molar-refractivity contribution < 1.29 is 32.4 Å². The minimum absolute atomic E-state index is 0.0836. The summed E-state index contributed by atoms with van der Waals surface area (Å²) >= 11 is 0. The van der Waals surface area contributed by atoms with Crippen molar-refractivity contribution in [2.24, 2.45) is 0 Å². The molecular formula is C39H63BFNO6Si. The molecule has 274 valence electrons. The minimum atomic E-state index is -2.27. The predicted molar refractivity (Wildman–Crippen MR) is 201 cm³/mol. The summed E-state index contributed by atoms with van der Waals surface area (Å²) in [4.78, 5) is 14.6. The number of hydrogen-bond donors (Lipinski definition) is 0. The van der Waals surface area contributed by atoms with Gasteiger partial charge in [0.2, 0.25) is 0 Å². The topological polar surface area (TPSA) is 66.5 Å². The van der Waals surface area contributed by atoms with E-state index >= 15 is 4.39 Å². The summed E-state index contributed by atoms with van der Waals surface area (Å²) < 4.78 is 48.2. The zero-order valence-electron chi connectivity index (χ0n) is 32.6. The van der Waals surface area contributed by atoms with Gasteiger partial charge in [0.25, 0.3) is 8.32 Å². The molecule has 0 spiro atoms. The van der Waals surface area contributed by atoms with Gasteiger partial charge in [0.05, 0.1) is 23.9 Å². The van der Waals surface area contributed by atoms with Crippen molar-refractivity contribution >= 4 is 37.8 Å². The molecule has 0 radical (unpaired) electrons. The monoisotopic (exact) mass is 699 g/mol. The van der Waals surface area contributed by atoms with Crippen molar-refractivity contribution in [1.82, 2.24) is 4.90 Å². The first-order chi connectivity index (χ1) is 22.7. The normalized spacial score (nSPS) is 20.1. The summed E-state index contributed by atoms with van der Waals surface area (Å²) in [6.45, 7) is 29.1. The fraction of sp³-hybridized carbons (Fsp3) is 0.718. The van der Waals surface area contributed by atoms with Crippen LogP contribution >= 0.6 is 0 Å². The van der Waals surface area contributed by atoms with E-state index in [-0.39, 0.29) is 18.0 Å². The van der Waals surface area contributed by atoms with Gasteiger partial charge in [-0.15, -0.1) is 0 Å². The molecule has 2 aliphatic rings. The largest absolute Gasteiger partial charge is 0.543 e. The second-order valence-electron chi connectivity index (χ2n) is 17.2. The Kier molecular flexibility index (Phi) is 12.3. The van der Waals surface area contributed by atoms with Crippen LogP contribution in [0.3, 0.4) is 0 Å². The van der Waals surface area contributed by atoms with E-state index in [4.69, 9.17) is 23.2 Å². The number of carbonyl (C=O) groups excluding carboxylic acids is 1. The maximum Gasteiger partial charge on any atom is 0.495 e. The number of hydrogen-bond acceptors (Lipinski definition) is 6. The van der Waals surface area contributed by atoms with Crippen molar-refractivity contribution in [3.63, 3.8) is 0 Å². The van der Waals surface area contributed by atoms with Crippen LogP contribution in [0.5, 0.6) is 5.75 Å². The highest BCUT2D eigenvalue weighted by Crippen LogP contribution is 2.44. The van der Waals surface area contributed by atoms with Crippen molar-refractivity contribution in [2.45, 2.75) is 162 Å². The Morgan fingerprint density at radius 1 is 1.00 bits per heavy atom. The maximum atomic E-state index is 15.9.